The highest BCUT2D eigenvalue weighted by atomic mass is 16.1. The molecule has 0 saturated carbocycles. The van der Waals surface area contributed by atoms with E-state index < -0.39 is 0 Å². The van der Waals surface area contributed by atoms with Crippen molar-refractivity contribution in [3.8, 4) is 0 Å². The van der Waals surface area contributed by atoms with E-state index in [1.807, 2.05) is 65.5 Å². The van der Waals surface area contributed by atoms with E-state index in [1.54, 1.807) is 12.3 Å². The molecule has 0 saturated heterocycles. The number of para-hydroxylation sites is 1. The molecule has 0 aliphatic carbocycles. The summed E-state index contributed by atoms with van der Waals surface area (Å²) in [7, 11) is 0. The summed E-state index contributed by atoms with van der Waals surface area (Å²) in [6.07, 6.45) is 6.92. The standard InChI is InChI=1S/C24H19N5O/c30-23(12-10-17-9-11-19-14-25-28-22(19)13-17)27-21-8-4-7-20-15-26-29(24(20)21)16-18-5-2-1-3-6-18/h1-15H,16H2,(H,25,28)(H,27,30). The molecule has 6 heteroatoms. The van der Waals surface area contributed by atoms with E-state index in [4.69, 9.17) is 0 Å². The van der Waals surface area contributed by atoms with Crippen molar-refractivity contribution in [1.82, 2.24) is 20.0 Å². The zero-order chi connectivity index (χ0) is 20.3. The van der Waals surface area contributed by atoms with Crippen LogP contribution < -0.4 is 5.32 Å². The number of aromatic amines is 1. The van der Waals surface area contributed by atoms with Gasteiger partial charge in [-0.25, -0.2) is 0 Å². The number of benzene rings is 3. The molecule has 0 aliphatic rings. The number of hydrogen-bond donors (Lipinski definition) is 2. The molecule has 0 bridgehead atoms. The van der Waals surface area contributed by atoms with Crippen LogP contribution >= 0.6 is 0 Å². The van der Waals surface area contributed by atoms with Gasteiger partial charge in [0.05, 0.1) is 35.7 Å². The number of nitrogens with zero attached hydrogens (tertiary/aromatic N) is 3. The first-order valence-corrected chi connectivity index (χ1v) is 9.67. The molecule has 30 heavy (non-hydrogen) atoms. The minimum Gasteiger partial charge on any atom is -0.321 e. The van der Waals surface area contributed by atoms with Crippen LogP contribution in [0.15, 0.2) is 85.2 Å². The number of aromatic nitrogens is 4. The minimum atomic E-state index is -0.195. The molecule has 0 spiro atoms. The maximum atomic E-state index is 12.6. The van der Waals surface area contributed by atoms with E-state index in [9.17, 15) is 4.79 Å². The van der Waals surface area contributed by atoms with Gasteiger partial charge in [0.1, 0.15) is 0 Å². The van der Waals surface area contributed by atoms with Crippen LogP contribution in [-0.2, 0) is 11.3 Å². The first-order chi connectivity index (χ1) is 14.8. The van der Waals surface area contributed by atoms with E-state index in [2.05, 4.69) is 32.7 Å². The fraction of sp³-hybridized carbons (Fsp3) is 0.0417. The van der Waals surface area contributed by atoms with Gasteiger partial charge in [-0.15, -0.1) is 0 Å². The van der Waals surface area contributed by atoms with Gasteiger partial charge >= 0.3 is 0 Å². The maximum Gasteiger partial charge on any atom is 0.248 e. The SMILES string of the molecule is O=C(C=Cc1ccc2cn[nH]c2c1)Nc1cccc2cnn(Cc3ccccc3)c12. The van der Waals surface area contributed by atoms with Crippen LogP contribution in [0.1, 0.15) is 11.1 Å². The molecule has 1 amide bonds. The van der Waals surface area contributed by atoms with Crippen molar-refractivity contribution in [3.05, 3.63) is 96.3 Å². The Labute approximate surface area is 172 Å². The Balaban J connectivity index is 1.39. The lowest BCUT2D eigenvalue weighted by molar-refractivity contribution is -0.111. The van der Waals surface area contributed by atoms with Gasteiger partial charge in [0, 0.05) is 16.8 Å². The smallest absolute Gasteiger partial charge is 0.248 e. The first-order valence-electron chi connectivity index (χ1n) is 9.67. The summed E-state index contributed by atoms with van der Waals surface area (Å²) in [5, 5.41) is 16.5. The number of rotatable bonds is 5. The van der Waals surface area contributed by atoms with Crippen LogP contribution in [0.3, 0.4) is 0 Å². The molecule has 5 aromatic rings. The predicted molar refractivity (Wildman–Crippen MR) is 119 cm³/mol. The second-order valence-electron chi connectivity index (χ2n) is 7.07. The Morgan fingerprint density at radius 3 is 2.80 bits per heavy atom. The highest BCUT2D eigenvalue weighted by molar-refractivity contribution is 6.06. The van der Waals surface area contributed by atoms with Crippen molar-refractivity contribution < 1.29 is 4.79 Å². The summed E-state index contributed by atoms with van der Waals surface area (Å²) in [6, 6.07) is 21.8. The second kappa shape index (κ2) is 7.67. The number of amides is 1. The summed E-state index contributed by atoms with van der Waals surface area (Å²) in [6.45, 7) is 0.636. The lowest BCUT2D eigenvalue weighted by Gasteiger charge is -2.09. The average Bonchev–Trinajstić information content (AvgIpc) is 3.40. The number of carbonyl (C=O) groups excluding carboxylic acids is 1. The molecular formula is C24H19N5O. The molecule has 0 unspecified atom stereocenters. The number of hydrogen-bond acceptors (Lipinski definition) is 3. The second-order valence-corrected chi connectivity index (χ2v) is 7.07. The van der Waals surface area contributed by atoms with Crippen LogP contribution in [0.4, 0.5) is 5.69 Å². The van der Waals surface area contributed by atoms with Crippen LogP contribution in [0.25, 0.3) is 27.9 Å². The van der Waals surface area contributed by atoms with Crippen molar-refractivity contribution >= 4 is 39.5 Å². The van der Waals surface area contributed by atoms with Crippen LogP contribution in [0.2, 0.25) is 0 Å². The monoisotopic (exact) mass is 393 g/mol. The molecule has 2 aromatic heterocycles. The summed E-state index contributed by atoms with van der Waals surface area (Å²) in [5.74, 6) is -0.195. The van der Waals surface area contributed by atoms with Crippen LogP contribution in [-0.4, -0.2) is 25.9 Å². The van der Waals surface area contributed by atoms with Gasteiger partial charge < -0.3 is 5.32 Å². The number of nitrogens with one attached hydrogen (secondary N) is 2. The number of H-pyrrole nitrogens is 1. The quantitative estimate of drug-likeness (QED) is 0.428. The molecule has 5 rings (SSSR count). The molecular weight excluding hydrogens is 374 g/mol. The van der Waals surface area contributed by atoms with Crippen molar-refractivity contribution in [3.63, 3.8) is 0 Å². The van der Waals surface area contributed by atoms with E-state index in [1.165, 1.54) is 6.08 Å². The molecule has 2 N–H and O–H groups in total. The van der Waals surface area contributed by atoms with E-state index in [-0.39, 0.29) is 5.91 Å². The molecule has 146 valence electrons. The average molecular weight is 393 g/mol. The summed E-state index contributed by atoms with van der Waals surface area (Å²) in [4.78, 5) is 12.6. The van der Waals surface area contributed by atoms with Gasteiger partial charge in [-0.3, -0.25) is 14.6 Å². The Kier molecular flexibility index (Phi) is 4.57. The third kappa shape index (κ3) is 3.58. The van der Waals surface area contributed by atoms with Crippen LogP contribution in [0.5, 0.6) is 0 Å². The Morgan fingerprint density at radius 1 is 1.00 bits per heavy atom. The first kappa shape index (κ1) is 17.9. The van der Waals surface area contributed by atoms with E-state index in [0.29, 0.717) is 6.54 Å². The molecule has 0 atom stereocenters. The summed E-state index contributed by atoms with van der Waals surface area (Å²) in [5.41, 5.74) is 4.65. The van der Waals surface area contributed by atoms with Crippen molar-refractivity contribution in [1.29, 1.82) is 0 Å². The molecule has 0 fully saturated rings. The van der Waals surface area contributed by atoms with Gasteiger partial charge in [-0.05, 0) is 29.3 Å². The zero-order valence-electron chi connectivity index (χ0n) is 16.1. The largest absolute Gasteiger partial charge is 0.321 e. The Bertz CT molecular complexity index is 1360. The Hall–Kier alpha value is -4.19. The van der Waals surface area contributed by atoms with Crippen molar-refractivity contribution in [2.45, 2.75) is 6.54 Å². The normalized spacial score (nSPS) is 11.5. The molecule has 2 heterocycles. The third-order valence-corrected chi connectivity index (χ3v) is 4.99. The predicted octanol–water partition coefficient (Wildman–Crippen LogP) is 4.61. The lowest BCUT2D eigenvalue weighted by atomic mass is 10.1. The molecule has 0 aliphatic heterocycles. The Morgan fingerprint density at radius 2 is 1.90 bits per heavy atom. The fourth-order valence-electron chi connectivity index (χ4n) is 3.52. The molecule has 6 nitrogen and oxygen atoms in total. The third-order valence-electron chi connectivity index (χ3n) is 4.99. The van der Waals surface area contributed by atoms with Crippen molar-refractivity contribution in [2.75, 3.05) is 5.32 Å². The topological polar surface area (TPSA) is 75.6 Å². The summed E-state index contributed by atoms with van der Waals surface area (Å²) < 4.78 is 1.91. The lowest BCUT2D eigenvalue weighted by Crippen LogP contribution is -2.10. The highest BCUT2D eigenvalue weighted by Crippen LogP contribution is 2.24. The van der Waals surface area contributed by atoms with Gasteiger partial charge in [0.15, 0.2) is 0 Å². The molecule has 0 radical (unpaired) electrons. The van der Waals surface area contributed by atoms with Gasteiger partial charge in [-0.1, -0.05) is 54.6 Å². The number of carbonyl (C=O) groups is 1. The van der Waals surface area contributed by atoms with Gasteiger partial charge in [-0.2, -0.15) is 10.2 Å². The van der Waals surface area contributed by atoms with Crippen molar-refractivity contribution in [2.24, 2.45) is 0 Å². The number of fused-ring (bicyclic) bond motifs is 2. The highest BCUT2D eigenvalue weighted by Gasteiger charge is 2.10. The van der Waals surface area contributed by atoms with Gasteiger partial charge in [0.25, 0.3) is 0 Å². The molecule has 3 aromatic carbocycles. The zero-order valence-corrected chi connectivity index (χ0v) is 16.1. The maximum absolute atomic E-state index is 12.6. The van der Waals surface area contributed by atoms with E-state index >= 15 is 0 Å². The van der Waals surface area contributed by atoms with E-state index in [0.717, 1.165) is 38.6 Å². The minimum absolute atomic E-state index is 0.195. The van der Waals surface area contributed by atoms with Crippen LogP contribution in [0, 0.1) is 0 Å². The number of anilines is 1. The fourth-order valence-corrected chi connectivity index (χ4v) is 3.52. The van der Waals surface area contributed by atoms with Gasteiger partial charge in [0.2, 0.25) is 5.91 Å². The summed E-state index contributed by atoms with van der Waals surface area (Å²) >= 11 is 0.